The lowest BCUT2D eigenvalue weighted by Gasteiger charge is -2.23. The predicted molar refractivity (Wildman–Crippen MR) is 68.2 cm³/mol. The number of nitrogens with one attached hydrogen (secondary N) is 2. The third kappa shape index (κ3) is 4.27. The van der Waals surface area contributed by atoms with Crippen molar-refractivity contribution >= 4 is 5.91 Å². The number of aromatic amines is 1. The van der Waals surface area contributed by atoms with Crippen molar-refractivity contribution in [1.82, 2.24) is 25.9 Å². The molecule has 2 heterocycles. The highest BCUT2D eigenvalue weighted by Crippen LogP contribution is 2.17. The largest absolute Gasteiger partial charge is 0.378 e. The van der Waals surface area contributed by atoms with Gasteiger partial charge < -0.3 is 10.1 Å². The van der Waals surface area contributed by atoms with Crippen LogP contribution in [-0.4, -0.2) is 39.2 Å². The van der Waals surface area contributed by atoms with Crippen LogP contribution in [0.3, 0.4) is 0 Å². The van der Waals surface area contributed by atoms with E-state index in [4.69, 9.17) is 4.74 Å². The molecule has 0 aliphatic carbocycles. The second-order valence-electron chi connectivity index (χ2n) is 4.87. The van der Waals surface area contributed by atoms with Gasteiger partial charge in [-0.25, -0.2) is 0 Å². The fourth-order valence-electron chi connectivity index (χ4n) is 2.30. The van der Waals surface area contributed by atoms with Crippen LogP contribution in [-0.2, 0) is 9.53 Å². The first-order valence-corrected chi connectivity index (χ1v) is 6.94. The van der Waals surface area contributed by atoms with Crippen LogP contribution in [0.25, 0.3) is 0 Å². The fourth-order valence-corrected chi connectivity index (χ4v) is 2.30. The van der Waals surface area contributed by atoms with Crippen molar-refractivity contribution in [2.24, 2.45) is 0 Å². The van der Waals surface area contributed by atoms with E-state index in [0.29, 0.717) is 12.2 Å². The van der Waals surface area contributed by atoms with Gasteiger partial charge in [0.1, 0.15) is 0 Å². The minimum atomic E-state index is -0.167. The Morgan fingerprint density at radius 3 is 3.11 bits per heavy atom. The number of ether oxygens (including phenoxy) is 1. The van der Waals surface area contributed by atoms with E-state index < -0.39 is 0 Å². The maximum absolute atomic E-state index is 12.0. The van der Waals surface area contributed by atoms with Gasteiger partial charge in [0.2, 0.25) is 5.91 Å². The number of amides is 1. The minimum absolute atomic E-state index is 0.00449. The van der Waals surface area contributed by atoms with Crippen LogP contribution in [0.1, 0.15) is 57.3 Å². The average Bonchev–Trinajstić information content (AvgIpc) is 2.93. The van der Waals surface area contributed by atoms with Crippen LogP contribution in [0.2, 0.25) is 0 Å². The van der Waals surface area contributed by atoms with Crippen LogP contribution in [0.4, 0.5) is 0 Å². The predicted octanol–water partition coefficient (Wildman–Crippen LogP) is 1.12. The minimum Gasteiger partial charge on any atom is -0.378 e. The number of nitrogens with zero attached hydrogens (tertiary/aromatic N) is 3. The summed E-state index contributed by atoms with van der Waals surface area (Å²) in [5.74, 6) is 0.537. The van der Waals surface area contributed by atoms with Crippen molar-refractivity contribution in [3.63, 3.8) is 0 Å². The molecule has 2 N–H and O–H groups in total. The molecule has 1 aliphatic rings. The third-order valence-corrected chi connectivity index (χ3v) is 3.27. The van der Waals surface area contributed by atoms with Crippen LogP contribution in [0.5, 0.6) is 0 Å². The van der Waals surface area contributed by atoms with Crippen LogP contribution < -0.4 is 5.32 Å². The first-order valence-electron chi connectivity index (χ1n) is 6.94. The van der Waals surface area contributed by atoms with Crippen LogP contribution in [0, 0.1) is 0 Å². The Bertz CT molecular complexity index is 375. The number of aromatic nitrogens is 4. The Morgan fingerprint density at radius 2 is 2.47 bits per heavy atom. The first-order chi connectivity index (χ1) is 9.29. The molecule has 1 aromatic heterocycles. The number of hydrogen-bond donors (Lipinski definition) is 2. The van der Waals surface area contributed by atoms with Crippen molar-refractivity contribution in [3.05, 3.63) is 5.82 Å². The Kier molecular flexibility index (Phi) is 5.26. The third-order valence-electron chi connectivity index (χ3n) is 3.27. The van der Waals surface area contributed by atoms with Gasteiger partial charge in [-0.3, -0.25) is 4.79 Å². The van der Waals surface area contributed by atoms with E-state index in [1.807, 2.05) is 0 Å². The van der Waals surface area contributed by atoms with Crippen molar-refractivity contribution in [2.45, 2.75) is 57.6 Å². The number of hydrogen-bond acceptors (Lipinski definition) is 5. The zero-order valence-corrected chi connectivity index (χ0v) is 11.3. The Hall–Kier alpha value is -1.50. The van der Waals surface area contributed by atoms with Gasteiger partial charge in [-0.2, -0.15) is 5.21 Å². The molecule has 0 radical (unpaired) electrons. The number of tetrazole rings is 1. The highest BCUT2D eigenvalue weighted by molar-refractivity contribution is 5.76. The molecule has 1 aliphatic heterocycles. The second-order valence-corrected chi connectivity index (χ2v) is 4.87. The summed E-state index contributed by atoms with van der Waals surface area (Å²) in [4.78, 5) is 12.0. The molecular weight excluding hydrogens is 246 g/mol. The highest BCUT2D eigenvalue weighted by atomic mass is 16.5. The van der Waals surface area contributed by atoms with Crippen LogP contribution >= 0.6 is 0 Å². The van der Waals surface area contributed by atoms with Crippen molar-refractivity contribution in [3.8, 4) is 0 Å². The molecule has 0 aromatic carbocycles. The molecule has 1 saturated heterocycles. The molecule has 1 fully saturated rings. The molecule has 0 bridgehead atoms. The summed E-state index contributed by atoms with van der Waals surface area (Å²) in [5, 5.41) is 16.8. The summed E-state index contributed by atoms with van der Waals surface area (Å²) >= 11 is 0. The van der Waals surface area contributed by atoms with Gasteiger partial charge >= 0.3 is 0 Å². The zero-order chi connectivity index (χ0) is 13.5. The molecule has 1 aromatic rings. The molecule has 106 valence electrons. The van der Waals surface area contributed by atoms with Gasteiger partial charge in [0.25, 0.3) is 0 Å². The van der Waals surface area contributed by atoms with E-state index in [0.717, 1.165) is 38.7 Å². The lowest BCUT2D eigenvalue weighted by atomic mass is 10.1. The summed E-state index contributed by atoms with van der Waals surface area (Å²) in [6.07, 6.45) is 5.42. The summed E-state index contributed by atoms with van der Waals surface area (Å²) in [6, 6.07) is -0.167. The molecule has 2 atom stereocenters. The molecule has 0 unspecified atom stereocenters. The summed E-state index contributed by atoms with van der Waals surface area (Å²) in [5.41, 5.74) is 0. The number of carbonyl (C=O) groups excluding carboxylic acids is 1. The Labute approximate surface area is 112 Å². The second kappa shape index (κ2) is 7.18. The van der Waals surface area contributed by atoms with Gasteiger partial charge in [0.15, 0.2) is 5.82 Å². The topological polar surface area (TPSA) is 92.8 Å². The summed E-state index contributed by atoms with van der Waals surface area (Å²) in [7, 11) is 0. The molecule has 0 saturated carbocycles. The van der Waals surface area contributed by atoms with Crippen molar-refractivity contribution in [2.75, 3.05) is 6.61 Å². The van der Waals surface area contributed by atoms with Crippen molar-refractivity contribution < 1.29 is 9.53 Å². The van der Waals surface area contributed by atoms with Gasteiger partial charge in [-0.1, -0.05) is 18.6 Å². The quantitative estimate of drug-likeness (QED) is 0.805. The van der Waals surface area contributed by atoms with Crippen LogP contribution in [0.15, 0.2) is 0 Å². The van der Waals surface area contributed by atoms with E-state index >= 15 is 0 Å². The van der Waals surface area contributed by atoms with E-state index in [1.54, 1.807) is 0 Å². The average molecular weight is 267 g/mol. The number of H-pyrrole nitrogens is 1. The molecular formula is C12H21N5O2. The molecule has 1 amide bonds. The maximum atomic E-state index is 12.0. The lowest BCUT2D eigenvalue weighted by Crippen LogP contribution is -2.33. The smallest absolute Gasteiger partial charge is 0.223 e. The van der Waals surface area contributed by atoms with E-state index in [1.165, 1.54) is 0 Å². The van der Waals surface area contributed by atoms with E-state index in [2.05, 4.69) is 32.9 Å². The number of rotatable bonds is 6. The maximum Gasteiger partial charge on any atom is 0.223 e. The van der Waals surface area contributed by atoms with Gasteiger partial charge in [-0.15, -0.1) is 10.2 Å². The summed E-state index contributed by atoms with van der Waals surface area (Å²) < 4.78 is 5.57. The molecule has 7 nitrogen and oxygen atoms in total. The highest BCUT2D eigenvalue weighted by Gasteiger charge is 2.22. The molecule has 7 heteroatoms. The standard InChI is InChI=1S/C12H21N5O2/c1-2-5-10(12-14-16-17-15-12)13-11(18)8-9-6-3-4-7-19-9/h9-10H,2-8H2,1H3,(H,13,18)(H,14,15,16,17)/t9-,10-/m1/s1. The van der Waals surface area contributed by atoms with E-state index in [-0.39, 0.29) is 18.1 Å². The molecule has 2 rings (SSSR count). The SMILES string of the molecule is CCC[C@@H](NC(=O)C[C@H]1CCCCO1)c1nn[nH]n1. The monoisotopic (exact) mass is 267 g/mol. The Morgan fingerprint density at radius 1 is 1.58 bits per heavy atom. The molecule has 0 spiro atoms. The first kappa shape index (κ1) is 13.9. The summed E-state index contributed by atoms with van der Waals surface area (Å²) in [6.45, 7) is 2.82. The van der Waals surface area contributed by atoms with Gasteiger partial charge in [0.05, 0.1) is 18.6 Å². The van der Waals surface area contributed by atoms with E-state index in [9.17, 15) is 4.79 Å². The zero-order valence-electron chi connectivity index (χ0n) is 11.3. The van der Waals surface area contributed by atoms with Gasteiger partial charge in [0, 0.05) is 6.61 Å². The Balaban J connectivity index is 1.84. The molecule has 19 heavy (non-hydrogen) atoms. The fraction of sp³-hybridized carbons (Fsp3) is 0.833. The normalized spacial score (nSPS) is 21.0. The lowest BCUT2D eigenvalue weighted by molar-refractivity contribution is -0.125. The van der Waals surface area contributed by atoms with Gasteiger partial charge in [-0.05, 0) is 25.7 Å². The van der Waals surface area contributed by atoms with Crippen molar-refractivity contribution in [1.29, 1.82) is 0 Å². The number of carbonyl (C=O) groups is 1.